The molecule has 1 rings (SSSR count). The van der Waals surface area contributed by atoms with Gasteiger partial charge in [-0.05, 0) is 24.0 Å². The average Bonchev–Trinajstić information content (AvgIpc) is 2.31. The summed E-state index contributed by atoms with van der Waals surface area (Å²) in [4.78, 5) is 0. The molecule has 0 amide bonds. The van der Waals surface area contributed by atoms with Crippen molar-refractivity contribution in [1.29, 1.82) is 0 Å². The Morgan fingerprint density at radius 2 is 1.75 bits per heavy atom. The molecule has 1 N–H and O–H groups in total. The maximum Gasteiger partial charge on any atom is 0.0208 e. The zero-order chi connectivity index (χ0) is 11.1. The SMILES string of the molecule is C=C(CNC(CC)CC)c1ccccc1.I. The highest BCUT2D eigenvalue weighted by Gasteiger charge is 2.03. The van der Waals surface area contributed by atoms with Crippen molar-refractivity contribution >= 4 is 29.5 Å². The van der Waals surface area contributed by atoms with Crippen LogP contribution in [0.3, 0.4) is 0 Å². The van der Waals surface area contributed by atoms with Crippen molar-refractivity contribution in [3.63, 3.8) is 0 Å². The van der Waals surface area contributed by atoms with Gasteiger partial charge in [0.1, 0.15) is 0 Å². The van der Waals surface area contributed by atoms with Crippen molar-refractivity contribution < 1.29 is 0 Å². The Kier molecular flexibility index (Phi) is 8.57. The van der Waals surface area contributed by atoms with Crippen LogP contribution in [0.15, 0.2) is 36.9 Å². The molecule has 90 valence electrons. The van der Waals surface area contributed by atoms with Crippen molar-refractivity contribution in [3.8, 4) is 0 Å². The minimum absolute atomic E-state index is 0. The Hall–Kier alpha value is -0.350. The van der Waals surface area contributed by atoms with Crippen LogP contribution in [-0.2, 0) is 0 Å². The van der Waals surface area contributed by atoms with Crippen LogP contribution in [0.2, 0.25) is 0 Å². The van der Waals surface area contributed by atoms with Crippen LogP contribution in [0, 0.1) is 0 Å². The first-order valence-corrected chi connectivity index (χ1v) is 5.74. The average molecular weight is 331 g/mol. The summed E-state index contributed by atoms with van der Waals surface area (Å²) in [7, 11) is 0. The fourth-order valence-corrected chi connectivity index (χ4v) is 1.62. The molecule has 0 unspecified atom stereocenters. The summed E-state index contributed by atoms with van der Waals surface area (Å²) in [6, 6.07) is 11.0. The van der Waals surface area contributed by atoms with Crippen molar-refractivity contribution in [1.82, 2.24) is 5.32 Å². The van der Waals surface area contributed by atoms with E-state index in [4.69, 9.17) is 0 Å². The van der Waals surface area contributed by atoms with Crippen LogP contribution in [0.1, 0.15) is 32.3 Å². The normalized spacial score (nSPS) is 9.94. The van der Waals surface area contributed by atoms with Gasteiger partial charge in [0.15, 0.2) is 0 Å². The molecule has 1 aromatic rings. The van der Waals surface area contributed by atoms with E-state index < -0.39 is 0 Å². The van der Waals surface area contributed by atoms with Crippen molar-refractivity contribution in [3.05, 3.63) is 42.5 Å². The Balaban J connectivity index is 0.00000225. The summed E-state index contributed by atoms with van der Waals surface area (Å²) >= 11 is 0. The molecular weight excluding hydrogens is 309 g/mol. The maximum atomic E-state index is 4.10. The number of rotatable bonds is 6. The van der Waals surface area contributed by atoms with E-state index in [1.54, 1.807) is 0 Å². The van der Waals surface area contributed by atoms with Crippen LogP contribution in [0.5, 0.6) is 0 Å². The Morgan fingerprint density at radius 1 is 1.19 bits per heavy atom. The van der Waals surface area contributed by atoms with E-state index >= 15 is 0 Å². The third kappa shape index (κ3) is 5.12. The molecule has 0 aromatic heterocycles. The molecule has 0 aliphatic carbocycles. The second-order valence-corrected chi connectivity index (χ2v) is 3.86. The molecule has 0 bridgehead atoms. The van der Waals surface area contributed by atoms with E-state index in [-0.39, 0.29) is 24.0 Å². The van der Waals surface area contributed by atoms with Crippen LogP contribution in [0.4, 0.5) is 0 Å². The summed E-state index contributed by atoms with van der Waals surface area (Å²) in [6.07, 6.45) is 2.36. The Labute approximate surface area is 116 Å². The molecule has 0 radical (unpaired) electrons. The molecule has 0 aliphatic rings. The summed E-state index contributed by atoms with van der Waals surface area (Å²) in [5, 5.41) is 3.52. The van der Waals surface area contributed by atoms with E-state index in [9.17, 15) is 0 Å². The molecule has 0 spiro atoms. The van der Waals surface area contributed by atoms with Crippen molar-refractivity contribution in [2.24, 2.45) is 0 Å². The lowest BCUT2D eigenvalue weighted by Gasteiger charge is -2.15. The number of hydrogen-bond acceptors (Lipinski definition) is 1. The lowest BCUT2D eigenvalue weighted by Crippen LogP contribution is -2.28. The number of nitrogens with one attached hydrogen (secondary N) is 1. The predicted molar refractivity (Wildman–Crippen MR) is 83.3 cm³/mol. The summed E-state index contributed by atoms with van der Waals surface area (Å²) in [5.74, 6) is 0. The first-order chi connectivity index (χ1) is 7.27. The third-order valence-electron chi connectivity index (χ3n) is 2.77. The Morgan fingerprint density at radius 3 is 2.25 bits per heavy atom. The maximum absolute atomic E-state index is 4.10. The molecule has 0 heterocycles. The standard InChI is InChI=1S/C14H21N.HI/c1-4-14(5-2)15-11-12(3)13-9-7-6-8-10-13;/h6-10,14-15H,3-5,11H2,1-2H3;1H. The number of hydrogen-bond donors (Lipinski definition) is 1. The van der Waals surface area contributed by atoms with E-state index in [2.05, 4.69) is 50.0 Å². The highest BCUT2D eigenvalue weighted by Crippen LogP contribution is 2.10. The summed E-state index contributed by atoms with van der Waals surface area (Å²) < 4.78 is 0. The van der Waals surface area contributed by atoms with Gasteiger partial charge in [-0.15, -0.1) is 24.0 Å². The molecule has 16 heavy (non-hydrogen) atoms. The number of halogens is 1. The first-order valence-electron chi connectivity index (χ1n) is 5.74. The summed E-state index contributed by atoms with van der Waals surface area (Å²) in [6.45, 7) is 9.42. The lowest BCUT2D eigenvalue weighted by molar-refractivity contribution is 0.513. The van der Waals surface area contributed by atoms with Crippen LogP contribution >= 0.6 is 24.0 Å². The van der Waals surface area contributed by atoms with Crippen molar-refractivity contribution in [2.45, 2.75) is 32.7 Å². The molecule has 2 heteroatoms. The smallest absolute Gasteiger partial charge is 0.0208 e. The minimum atomic E-state index is 0. The van der Waals surface area contributed by atoms with Gasteiger partial charge in [-0.3, -0.25) is 0 Å². The van der Waals surface area contributed by atoms with E-state index in [0.29, 0.717) is 6.04 Å². The quantitative estimate of drug-likeness (QED) is 0.774. The van der Waals surface area contributed by atoms with Gasteiger partial charge in [-0.2, -0.15) is 0 Å². The molecule has 0 aliphatic heterocycles. The molecule has 0 saturated carbocycles. The molecule has 0 fully saturated rings. The van der Waals surface area contributed by atoms with Gasteiger partial charge in [0.05, 0.1) is 0 Å². The highest BCUT2D eigenvalue weighted by molar-refractivity contribution is 14.0. The lowest BCUT2D eigenvalue weighted by atomic mass is 10.1. The molecule has 1 nitrogen and oxygen atoms in total. The third-order valence-corrected chi connectivity index (χ3v) is 2.77. The van der Waals surface area contributed by atoms with Crippen molar-refractivity contribution in [2.75, 3.05) is 6.54 Å². The van der Waals surface area contributed by atoms with Gasteiger partial charge in [0, 0.05) is 12.6 Å². The molecule has 0 saturated heterocycles. The minimum Gasteiger partial charge on any atom is -0.310 e. The van der Waals surface area contributed by atoms with Gasteiger partial charge >= 0.3 is 0 Å². The largest absolute Gasteiger partial charge is 0.310 e. The van der Waals surface area contributed by atoms with Crippen LogP contribution in [-0.4, -0.2) is 12.6 Å². The molecular formula is C14H22IN. The Bertz CT molecular complexity index is 291. The second kappa shape index (κ2) is 8.76. The topological polar surface area (TPSA) is 12.0 Å². The van der Waals surface area contributed by atoms with Crippen LogP contribution in [0.25, 0.3) is 5.57 Å². The summed E-state index contributed by atoms with van der Waals surface area (Å²) in [5.41, 5.74) is 2.40. The van der Waals surface area contributed by atoms with Gasteiger partial charge in [0.25, 0.3) is 0 Å². The zero-order valence-corrected chi connectivity index (χ0v) is 12.5. The van der Waals surface area contributed by atoms with Crippen LogP contribution < -0.4 is 5.32 Å². The molecule has 0 atom stereocenters. The zero-order valence-electron chi connectivity index (χ0n) is 10.2. The number of benzene rings is 1. The monoisotopic (exact) mass is 331 g/mol. The van der Waals surface area contributed by atoms with Gasteiger partial charge < -0.3 is 5.32 Å². The first kappa shape index (κ1) is 15.7. The second-order valence-electron chi connectivity index (χ2n) is 3.86. The van der Waals surface area contributed by atoms with E-state index in [1.807, 2.05) is 6.07 Å². The fraction of sp³-hybridized carbons (Fsp3) is 0.429. The van der Waals surface area contributed by atoms with Gasteiger partial charge in [-0.1, -0.05) is 50.8 Å². The fourth-order valence-electron chi connectivity index (χ4n) is 1.62. The van der Waals surface area contributed by atoms with E-state index in [1.165, 1.54) is 24.0 Å². The highest BCUT2D eigenvalue weighted by atomic mass is 127. The molecule has 1 aromatic carbocycles. The predicted octanol–water partition coefficient (Wildman–Crippen LogP) is 4.10. The van der Waals surface area contributed by atoms with E-state index in [0.717, 1.165) is 6.54 Å². The van der Waals surface area contributed by atoms with Gasteiger partial charge in [0.2, 0.25) is 0 Å². The van der Waals surface area contributed by atoms with Gasteiger partial charge in [-0.25, -0.2) is 0 Å².